The van der Waals surface area contributed by atoms with Crippen LogP contribution in [0.4, 0.5) is 5.13 Å². The zero-order valence-corrected chi connectivity index (χ0v) is 17.5. The number of carbonyl (C=O) groups is 2. The summed E-state index contributed by atoms with van der Waals surface area (Å²) in [6.45, 7) is 0.599. The first-order valence-electron chi connectivity index (χ1n) is 9.55. The number of hydrogen-bond donors (Lipinski definition) is 1. The van der Waals surface area contributed by atoms with Gasteiger partial charge in [-0.25, -0.2) is 0 Å². The van der Waals surface area contributed by atoms with Crippen LogP contribution in [0.25, 0.3) is 6.08 Å². The Labute approximate surface area is 177 Å². The van der Waals surface area contributed by atoms with Gasteiger partial charge in [-0.3, -0.25) is 14.9 Å². The highest BCUT2D eigenvalue weighted by Crippen LogP contribution is 2.33. The van der Waals surface area contributed by atoms with Gasteiger partial charge in [0.1, 0.15) is 17.7 Å². The first-order chi connectivity index (χ1) is 14.6. The second-order valence-corrected chi connectivity index (χ2v) is 7.92. The van der Waals surface area contributed by atoms with Gasteiger partial charge in [-0.05, 0) is 42.2 Å². The molecule has 2 amide bonds. The van der Waals surface area contributed by atoms with Crippen molar-refractivity contribution in [1.82, 2.24) is 15.1 Å². The van der Waals surface area contributed by atoms with Crippen LogP contribution in [0.1, 0.15) is 35.1 Å². The molecule has 0 unspecified atom stereocenters. The van der Waals surface area contributed by atoms with E-state index in [-0.39, 0.29) is 30.9 Å². The number of anilines is 1. The number of methoxy groups -OCH3 is 2. The highest BCUT2D eigenvalue weighted by atomic mass is 32.1. The molecule has 1 N–H and O–H groups in total. The average Bonchev–Trinajstić information content (AvgIpc) is 3.40. The van der Waals surface area contributed by atoms with Crippen molar-refractivity contribution in [3.63, 3.8) is 0 Å². The van der Waals surface area contributed by atoms with Crippen LogP contribution in [0.5, 0.6) is 11.5 Å². The van der Waals surface area contributed by atoms with Crippen LogP contribution in [-0.2, 0) is 20.7 Å². The zero-order valence-electron chi connectivity index (χ0n) is 16.7. The Hall–Kier alpha value is -2.98. The summed E-state index contributed by atoms with van der Waals surface area (Å²) in [6, 6.07) is 3.60. The third-order valence-corrected chi connectivity index (χ3v) is 5.88. The molecule has 2 aliphatic heterocycles. The highest BCUT2D eigenvalue weighted by Gasteiger charge is 2.24. The number of nitrogens with one attached hydrogen (secondary N) is 1. The van der Waals surface area contributed by atoms with E-state index in [0.29, 0.717) is 16.6 Å². The first-order valence-corrected chi connectivity index (χ1v) is 10.4. The molecule has 0 radical (unpaired) electrons. The number of nitrogens with zero attached hydrogens (tertiary/aromatic N) is 3. The molecule has 158 valence electrons. The summed E-state index contributed by atoms with van der Waals surface area (Å²) in [4.78, 5) is 26.5. The summed E-state index contributed by atoms with van der Waals surface area (Å²) >= 11 is 1.29. The van der Waals surface area contributed by atoms with Gasteiger partial charge < -0.3 is 19.1 Å². The molecule has 1 atom stereocenters. The molecule has 1 fully saturated rings. The fourth-order valence-corrected chi connectivity index (χ4v) is 4.25. The number of benzene rings is 1. The SMILES string of the molecule is COc1cc2c(cc1OC)CC(=O)N(CC(=O)Nc1nnc([C@@H]3CCCO3)s1)C=C2. The normalized spacial score (nSPS) is 18.1. The van der Waals surface area contributed by atoms with Gasteiger partial charge in [0.2, 0.25) is 16.9 Å². The molecule has 1 aromatic heterocycles. The number of aromatic nitrogens is 2. The fraction of sp³-hybridized carbons (Fsp3) is 0.400. The van der Waals surface area contributed by atoms with Crippen molar-refractivity contribution in [3.05, 3.63) is 34.5 Å². The molecule has 10 heteroatoms. The third kappa shape index (κ3) is 4.29. The zero-order chi connectivity index (χ0) is 21.1. The van der Waals surface area contributed by atoms with Crippen molar-refractivity contribution in [2.75, 3.05) is 32.7 Å². The van der Waals surface area contributed by atoms with Crippen molar-refractivity contribution in [1.29, 1.82) is 0 Å². The summed E-state index contributed by atoms with van der Waals surface area (Å²) in [5, 5.41) is 12.0. The number of fused-ring (bicyclic) bond motifs is 1. The van der Waals surface area contributed by atoms with Crippen LogP contribution < -0.4 is 14.8 Å². The predicted molar refractivity (Wildman–Crippen MR) is 110 cm³/mol. The first kappa shape index (κ1) is 20.3. The van der Waals surface area contributed by atoms with Crippen LogP contribution in [0.3, 0.4) is 0 Å². The van der Waals surface area contributed by atoms with Crippen molar-refractivity contribution in [2.45, 2.75) is 25.4 Å². The number of hydrogen-bond acceptors (Lipinski definition) is 8. The quantitative estimate of drug-likeness (QED) is 0.751. The Bertz CT molecular complexity index is 984. The maximum atomic E-state index is 12.7. The van der Waals surface area contributed by atoms with Crippen LogP contribution >= 0.6 is 11.3 Å². The van der Waals surface area contributed by atoms with E-state index in [1.807, 2.05) is 6.07 Å². The van der Waals surface area contributed by atoms with Crippen molar-refractivity contribution >= 4 is 34.4 Å². The van der Waals surface area contributed by atoms with Gasteiger partial charge in [0, 0.05) is 12.8 Å². The summed E-state index contributed by atoms with van der Waals surface area (Å²) in [6.07, 6.45) is 5.41. The maximum Gasteiger partial charge on any atom is 0.246 e. The lowest BCUT2D eigenvalue weighted by Crippen LogP contribution is -2.34. The van der Waals surface area contributed by atoms with E-state index in [1.54, 1.807) is 32.6 Å². The summed E-state index contributed by atoms with van der Waals surface area (Å²) in [5.41, 5.74) is 1.65. The van der Waals surface area contributed by atoms with E-state index in [1.165, 1.54) is 16.2 Å². The average molecular weight is 430 g/mol. The van der Waals surface area contributed by atoms with Crippen LogP contribution in [0, 0.1) is 0 Å². The van der Waals surface area contributed by atoms with E-state index in [0.717, 1.165) is 35.6 Å². The van der Waals surface area contributed by atoms with Crippen molar-refractivity contribution in [2.24, 2.45) is 0 Å². The molecule has 4 rings (SSSR count). The highest BCUT2D eigenvalue weighted by molar-refractivity contribution is 7.15. The number of rotatable bonds is 6. The van der Waals surface area contributed by atoms with Crippen LogP contribution in [0.15, 0.2) is 18.3 Å². The second-order valence-electron chi connectivity index (χ2n) is 6.92. The summed E-state index contributed by atoms with van der Waals surface area (Å²) in [7, 11) is 3.11. The Kier molecular flexibility index (Phi) is 5.96. The van der Waals surface area contributed by atoms with Crippen LogP contribution in [-0.4, -0.2) is 54.3 Å². The minimum Gasteiger partial charge on any atom is -0.493 e. The topological polar surface area (TPSA) is 103 Å². The van der Waals surface area contributed by atoms with E-state index in [2.05, 4.69) is 15.5 Å². The molecular weight excluding hydrogens is 408 g/mol. The van der Waals surface area contributed by atoms with Gasteiger partial charge in [-0.1, -0.05) is 11.3 Å². The monoisotopic (exact) mass is 430 g/mol. The van der Waals surface area contributed by atoms with E-state index in [4.69, 9.17) is 14.2 Å². The lowest BCUT2D eigenvalue weighted by atomic mass is 10.0. The minimum absolute atomic E-state index is 0.0456. The fourth-order valence-electron chi connectivity index (χ4n) is 3.40. The molecule has 0 bridgehead atoms. The van der Waals surface area contributed by atoms with Gasteiger partial charge in [0.05, 0.1) is 20.6 Å². The molecule has 0 aliphatic carbocycles. The number of carbonyl (C=O) groups excluding carboxylic acids is 2. The Morgan fingerprint density at radius 3 is 2.83 bits per heavy atom. The van der Waals surface area contributed by atoms with Crippen molar-refractivity contribution in [3.8, 4) is 11.5 Å². The lowest BCUT2D eigenvalue weighted by molar-refractivity contribution is -0.131. The molecule has 2 aliphatic rings. The van der Waals surface area contributed by atoms with Gasteiger partial charge in [0.15, 0.2) is 11.5 Å². The molecule has 9 nitrogen and oxygen atoms in total. The lowest BCUT2D eigenvalue weighted by Gasteiger charge is -2.16. The maximum absolute atomic E-state index is 12.7. The standard InChI is InChI=1S/C20H22N4O5S/c1-27-15-8-12-5-6-24(18(26)10-13(12)9-16(15)28-2)11-17(25)21-20-23-22-19(30-20)14-4-3-7-29-14/h5-6,8-9,14H,3-4,7,10-11H2,1-2H3,(H,21,23,25)/t14-/m0/s1. The van der Waals surface area contributed by atoms with Gasteiger partial charge in [0.25, 0.3) is 0 Å². The van der Waals surface area contributed by atoms with E-state index < -0.39 is 0 Å². The molecule has 1 aromatic carbocycles. The van der Waals surface area contributed by atoms with E-state index in [9.17, 15) is 9.59 Å². The third-order valence-electron chi connectivity index (χ3n) is 4.95. The Balaban J connectivity index is 1.42. The summed E-state index contributed by atoms with van der Waals surface area (Å²) in [5.74, 6) is 0.605. The largest absolute Gasteiger partial charge is 0.493 e. The minimum atomic E-state index is -0.343. The van der Waals surface area contributed by atoms with Crippen LogP contribution in [0.2, 0.25) is 0 Å². The van der Waals surface area contributed by atoms with E-state index >= 15 is 0 Å². The predicted octanol–water partition coefficient (Wildman–Crippen LogP) is 2.40. The Morgan fingerprint density at radius 1 is 1.30 bits per heavy atom. The molecule has 0 saturated carbocycles. The second kappa shape index (κ2) is 8.80. The molecule has 0 spiro atoms. The number of amides is 2. The van der Waals surface area contributed by atoms with Crippen molar-refractivity contribution < 1.29 is 23.8 Å². The summed E-state index contributed by atoms with van der Waals surface area (Å²) < 4.78 is 16.2. The number of ether oxygens (including phenoxy) is 3. The molecule has 2 aromatic rings. The van der Waals surface area contributed by atoms with Gasteiger partial charge in [-0.2, -0.15) is 0 Å². The molecule has 3 heterocycles. The molecular formula is C20H22N4O5S. The smallest absolute Gasteiger partial charge is 0.246 e. The molecule has 1 saturated heterocycles. The van der Waals surface area contributed by atoms with Gasteiger partial charge in [-0.15, -0.1) is 10.2 Å². The Morgan fingerprint density at radius 2 is 2.10 bits per heavy atom. The molecule has 30 heavy (non-hydrogen) atoms. The van der Waals surface area contributed by atoms with Gasteiger partial charge >= 0.3 is 0 Å².